The summed E-state index contributed by atoms with van der Waals surface area (Å²) in [5, 5.41) is 0. The van der Waals surface area contributed by atoms with Gasteiger partial charge < -0.3 is 10.5 Å². The van der Waals surface area contributed by atoms with E-state index in [1.165, 1.54) is 31.4 Å². The molecule has 2 saturated carbocycles. The average molecular weight is 247 g/mol. The second-order valence-electron chi connectivity index (χ2n) is 6.24. The van der Waals surface area contributed by atoms with Crippen LogP contribution in [0.3, 0.4) is 0 Å². The smallest absolute Gasteiger partial charge is 0.127 e. The number of nitrogens with two attached hydrogens (primary N) is 1. The molecule has 3 aliphatic rings. The maximum atomic E-state index is 13.4. The first-order valence-electron chi connectivity index (χ1n) is 6.90. The Morgan fingerprint density at radius 1 is 1.28 bits per heavy atom. The Labute approximate surface area is 106 Å². The van der Waals surface area contributed by atoms with Crippen molar-refractivity contribution in [3.63, 3.8) is 0 Å². The molecule has 0 saturated heterocycles. The number of halogens is 1. The fourth-order valence-corrected chi connectivity index (χ4v) is 4.41. The molecule has 4 unspecified atom stereocenters. The highest BCUT2D eigenvalue weighted by Crippen LogP contribution is 2.57. The summed E-state index contributed by atoms with van der Waals surface area (Å²) in [6.07, 6.45) is 5.87. The topological polar surface area (TPSA) is 35.2 Å². The minimum Gasteiger partial charge on any atom is -0.486 e. The largest absolute Gasteiger partial charge is 0.486 e. The summed E-state index contributed by atoms with van der Waals surface area (Å²) < 4.78 is 19.6. The van der Waals surface area contributed by atoms with Gasteiger partial charge in [0.2, 0.25) is 0 Å². The van der Waals surface area contributed by atoms with E-state index in [0.717, 1.165) is 24.3 Å². The molecular formula is C15H18FNO. The summed E-state index contributed by atoms with van der Waals surface area (Å²) in [5.74, 6) is 1.88. The number of ether oxygens (including phenoxy) is 1. The molecule has 1 spiro atoms. The maximum Gasteiger partial charge on any atom is 0.127 e. The summed E-state index contributed by atoms with van der Waals surface area (Å²) in [6, 6.07) is 4.74. The van der Waals surface area contributed by atoms with Gasteiger partial charge in [0, 0.05) is 24.1 Å². The number of hydrogen-bond donors (Lipinski definition) is 1. The summed E-state index contributed by atoms with van der Waals surface area (Å²) in [4.78, 5) is 0. The van der Waals surface area contributed by atoms with Crippen LogP contribution in [0.1, 0.15) is 43.7 Å². The van der Waals surface area contributed by atoms with Crippen LogP contribution in [0.4, 0.5) is 4.39 Å². The summed E-state index contributed by atoms with van der Waals surface area (Å²) in [5.41, 5.74) is 7.15. The molecule has 1 aromatic carbocycles. The molecule has 4 atom stereocenters. The van der Waals surface area contributed by atoms with Gasteiger partial charge in [0.05, 0.1) is 0 Å². The van der Waals surface area contributed by atoms with Crippen LogP contribution < -0.4 is 10.5 Å². The Hall–Kier alpha value is -1.09. The molecule has 1 heterocycles. The monoisotopic (exact) mass is 247 g/mol. The molecule has 18 heavy (non-hydrogen) atoms. The minimum atomic E-state index is -0.235. The zero-order valence-corrected chi connectivity index (χ0v) is 10.4. The normalized spacial score (nSPS) is 40.9. The molecule has 0 aromatic heterocycles. The number of rotatable bonds is 0. The van der Waals surface area contributed by atoms with Crippen LogP contribution >= 0.6 is 0 Å². The van der Waals surface area contributed by atoms with Crippen LogP contribution in [0, 0.1) is 17.7 Å². The standard InChI is InChI=1S/C15H18FNO/c16-11-3-4-12-13(17)8-15(18-14(12)6-11)7-9-1-2-10(15)5-9/h3-4,6,9-10,13H,1-2,5,7-8,17H2. The fraction of sp³-hybridized carbons (Fsp3) is 0.600. The third-order valence-electron chi connectivity index (χ3n) is 5.17. The molecule has 2 aliphatic carbocycles. The lowest BCUT2D eigenvalue weighted by Gasteiger charge is -2.44. The summed E-state index contributed by atoms with van der Waals surface area (Å²) in [7, 11) is 0. The molecule has 1 aliphatic heterocycles. The van der Waals surface area contributed by atoms with E-state index in [4.69, 9.17) is 10.5 Å². The second kappa shape index (κ2) is 3.47. The minimum absolute atomic E-state index is 0.00583. The van der Waals surface area contributed by atoms with Gasteiger partial charge in [-0.05, 0) is 43.6 Å². The molecule has 96 valence electrons. The van der Waals surface area contributed by atoms with E-state index in [0.29, 0.717) is 11.7 Å². The number of fused-ring (bicyclic) bond motifs is 4. The summed E-state index contributed by atoms with van der Waals surface area (Å²) >= 11 is 0. The van der Waals surface area contributed by atoms with Gasteiger partial charge in [-0.25, -0.2) is 4.39 Å². The van der Waals surface area contributed by atoms with Crippen LogP contribution in [0.15, 0.2) is 18.2 Å². The highest BCUT2D eigenvalue weighted by atomic mass is 19.1. The molecule has 2 N–H and O–H groups in total. The first-order valence-corrected chi connectivity index (χ1v) is 6.90. The van der Waals surface area contributed by atoms with Crippen molar-refractivity contribution >= 4 is 0 Å². The second-order valence-corrected chi connectivity index (χ2v) is 6.24. The van der Waals surface area contributed by atoms with E-state index < -0.39 is 0 Å². The molecular weight excluding hydrogens is 229 g/mol. The molecule has 0 radical (unpaired) electrons. The zero-order chi connectivity index (χ0) is 12.3. The van der Waals surface area contributed by atoms with Gasteiger partial charge in [0.1, 0.15) is 17.2 Å². The molecule has 4 rings (SSSR count). The number of benzene rings is 1. The van der Waals surface area contributed by atoms with Gasteiger partial charge >= 0.3 is 0 Å². The predicted octanol–water partition coefficient (Wildman–Crippen LogP) is 3.17. The van der Waals surface area contributed by atoms with Crippen molar-refractivity contribution in [3.05, 3.63) is 29.6 Å². The van der Waals surface area contributed by atoms with Gasteiger partial charge in [-0.3, -0.25) is 0 Å². The fourth-order valence-electron chi connectivity index (χ4n) is 4.41. The van der Waals surface area contributed by atoms with Gasteiger partial charge in [0.25, 0.3) is 0 Å². The van der Waals surface area contributed by atoms with E-state index in [1.807, 2.05) is 0 Å². The van der Waals surface area contributed by atoms with Gasteiger partial charge in [-0.15, -0.1) is 0 Å². The molecule has 2 fully saturated rings. The third kappa shape index (κ3) is 1.37. The Morgan fingerprint density at radius 3 is 2.89 bits per heavy atom. The lowest BCUT2D eigenvalue weighted by atomic mass is 9.76. The molecule has 3 heteroatoms. The van der Waals surface area contributed by atoms with Crippen molar-refractivity contribution in [2.45, 2.75) is 43.7 Å². The maximum absolute atomic E-state index is 13.4. The first-order chi connectivity index (χ1) is 8.66. The first kappa shape index (κ1) is 10.8. The van der Waals surface area contributed by atoms with E-state index in [-0.39, 0.29) is 17.5 Å². The van der Waals surface area contributed by atoms with Crippen molar-refractivity contribution in [2.24, 2.45) is 17.6 Å². The zero-order valence-electron chi connectivity index (χ0n) is 10.4. The van der Waals surface area contributed by atoms with E-state index >= 15 is 0 Å². The molecule has 2 nitrogen and oxygen atoms in total. The van der Waals surface area contributed by atoms with Crippen LogP contribution in [-0.4, -0.2) is 5.60 Å². The Morgan fingerprint density at radius 2 is 2.17 bits per heavy atom. The third-order valence-corrected chi connectivity index (χ3v) is 5.17. The van der Waals surface area contributed by atoms with Crippen molar-refractivity contribution in [3.8, 4) is 5.75 Å². The quantitative estimate of drug-likeness (QED) is 0.764. The van der Waals surface area contributed by atoms with E-state index in [1.54, 1.807) is 6.07 Å². The van der Waals surface area contributed by atoms with Crippen molar-refractivity contribution < 1.29 is 9.13 Å². The van der Waals surface area contributed by atoms with Gasteiger partial charge in [-0.2, -0.15) is 0 Å². The predicted molar refractivity (Wildman–Crippen MR) is 66.8 cm³/mol. The van der Waals surface area contributed by atoms with Crippen LogP contribution in [0.2, 0.25) is 0 Å². The Bertz CT molecular complexity index is 503. The summed E-state index contributed by atoms with van der Waals surface area (Å²) in [6.45, 7) is 0. The SMILES string of the molecule is NC1CC2(CC3CCC2C3)Oc2cc(F)ccc21. The molecule has 2 bridgehead atoms. The highest BCUT2D eigenvalue weighted by Gasteiger charge is 2.55. The van der Waals surface area contributed by atoms with Crippen LogP contribution in [0.25, 0.3) is 0 Å². The lowest BCUT2D eigenvalue weighted by molar-refractivity contribution is -0.0143. The van der Waals surface area contributed by atoms with E-state index in [9.17, 15) is 4.39 Å². The van der Waals surface area contributed by atoms with Crippen molar-refractivity contribution in [1.29, 1.82) is 0 Å². The van der Waals surface area contributed by atoms with Crippen molar-refractivity contribution in [1.82, 2.24) is 0 Å². The van der Waals surface area contributed by atoms with Crippen molar-refractivity contribution in [2.75, 3.05) is 0 Å². The van der Waals surface area contributed by atoms with Gasteiger partial charge in [0.15, 0.2) is 0 Å². The Balaban J connectivity index is 1.75. The molecule has 1 aromatic rings. The highest BCUT2D eigenvalue weighted by molar-refractivity contribution is 5.40. The van der Waals surface area contributed by atoms with Crippen LogP contribution in [-0.2, 0) is 0 Å². The molecule has 0 amide bonds. The van der Waals surface area contributed by atoms with E-state index in [2.05, 4.69) is 0 Å². The average Bonchev–Trinajstić information content (AvgIpc) is 2.88. The van der Waals surface area contributed by atoms with Gasteiger partial charge in [-0.1, -0.05) is 6.07 Å². The lowest BCUT2D eigenvalue weighted by Crippen LogP contribution is -2.47. The van der Waals surface area contributed by atoms with Crippen LogP contribution in [0.5, 0.6) is 5.75 Å². The Kier molecular flexibility index (Phi) is 2.08. The number of hydrogen-bond acceptors (Lipinski definition) is 2.